The first-order valence-corrected chi connectivity index (χ1v) is 8.70. The number of carbonyl (C=O) groups excluding carboxylic acids is 1. The zero-order valence-electron chi connectivity index (χ0n) is 15.1. The maximum atomic E-state index is 13.7. The second-order valence-corrected chi connectivity index (χ2v) is 6.77. The summed E-state index contributed by atoms with van der Waals surface area (Å²) >= 11 is 0. The number of imidazole rings is 1. The number of amides is 1. The van der Waals surface area contributed by atoms with Crippen LogP contribution in [0.1, 0.15) is 16.9 Å². The summed E-state index contributed by atoms with van der Waals surface area (Å²) in [6.07, 6.45) is 4.96. The van der Waals surface area contributed by atoms with E-state index in [-0.39, 0.29) is 11.4 Å². The molecule has 3 aromatic heterocycles. The third kappa shape index (κ3) is 3.33. The van der Waals surface area contributed by atoms with Crippen molar-refractivity contribution in [3.63, 3.8) is 0 Å². The number of hydrogen-bond donors (Lipinski definition) is 1. The van der Waals surface area contributed by atoms with Crippen molar-refractivity contribution >= 4 is 23.1 Å². The van der Waals surface area contributed by atoms with Gasteiger partial charge in [-0.15, -0.1) is 5.10 Å². The number of aromatic nitrogens is 4. The maximum absolute atomic E-state index is 13.7. The van der Waals surface area contributed by atoms with E-state index in [0.29, 0.717) is 11.7 Å². The van der Waals surface area contributed by atoms with Gasteiger partial charge in [-0.25, -0.2) is 13.9 Å². The van der Waals surface area contributed by atoms with E-state index in [4.69, 9.17) is 0 Å². The number of halogens is 1. The van der Waals surface area contributed by atoms with Crippen LogP contribution in [0.25, 0.3) is 5.65 Å². The van der Waals surface area contributed by atoms with E-state index in [1.807, 2.05) is 12.1 Å². The summed E-state index contributed by atoms with van der Waals surface area (Å²) in [4.78, 5) is 24.9. The Morgan fingerprint density at radius 2 is 2.15 bits per heavy atom. The van der Waals surface area contributed by atoms with Gasteiger partial charge in [-0.2, -0.15) is 0 Å². The van der Waals surface area contributed by atoms with E-state index in [2.05, 4.69) is 44.3 Å². The van der Waals surface area contributed by atoms with E-state index in [9.17, 15) is 9.18 Å². The second kappa shape index (κ2) is 6.92. The van der Waals surface area contributed by atoms with Crippen LogP contribution in [0.4, 0.5) is 15.9 Å². The minimum Gasteiger partial charge on any atom is -0.354 e. The predicted molar refractivity (Wildman–Crippen MR) is 99.4 cm³/mol. The van der Waals surface area contributed by atoms with Crippen LogP contribution in [0.2, 0.25) is 0 Å². The molecule has 27 heavy (non-hydrogen) atoms. The number of pyridine rings is 1. The van der Waals surface area contributed by atoms with Gasteiger partial charge in [-0.1, -0.05) is 0 Å². The number of likely N-dealkylation sites (N-methyl/N-ethyl adjacent to an activating group) is 1. The monoisotopic (exact) mass is 369 g/mol. The molecule has 140 valence electrons. The molecule has 4 rings (SSSR count). The summed E-state index contributed by atoms with van der Waals surface area (Å²) in [6, 6.07) is 5.61. The Morgan fingerprint density at radius 1 is 1.30 bits per heavy atom. The molecule has 0 aromatic carbocycles. The molecule has 3 aromatic rings. The lowest BCUT2D eigenvalue weighted by atomic mass is 10.2. The molecule has 1 amide bonds. The molecule has 1 aliphatic heterocycles. The SMILES string of the molecule is CN(C)[C@H]1CCN(c2ccc3ncc(C(=O)Nc4ccncc4F)n3n2)C1. The summed E-state index contributed by atoms with van der Waals surface area (Å²) in [6.45, 7) is 1.78. The van der Waals surface area contributed by atoms with Crippen molar-refractivity contribution in [3.8, 4) is 0 Å². The Morgan fingerprint density at radius 3 is 2.89 bits per heavy atom. The van der Waals surface area contributed by atoms with Crippen LogP contribution >= 0.6 is 0 Å². The van der Waals surface area contributed by atoms with Crippen molar-refractivity contribution in [2.45, 2.75) is 12.5 Å². The van der Waals surface area contributed by atoms with Crippen molar-refractivity contribution in [1.82, 2.24) is 24.5 Å². The Labute approximate surface area is 155 Å². The average molecular weight is 369 g/mol. The standard InChI is InChI=1S/C18H20FN7O/c1-24(2)12-6-8-25(11-12)17-4-3-16-21-10-15(26(16)23-17)18(27)22-14-5-7-20-9-13(14)19/h3-5,7,9-10,12H,6,8,11H2,1-2H3,(H,20,22,27)/t12-/m0/s1. The highest BCUT2D eigenvalue weighted by molar-refractivity contribution is 6.03. The van der Waals surface area contributed by atoms with E-state index in [1.165, 1.54) is 23.0 Å². The van der Waals surface area contributed by atoms with Gasteiger partial charge in [-0.3, -0.25) is 9.78 Å². The van der Waals surface area contributed by atoms with Crippen molar-refractivity contribution in [2.75, 3.05) is 37.4 Å². The minimum absolute atomic E-state index is 0.0643. The summed E-state index contributed by atoms with van der Waals surface area (Å²) in [7, 11) is 4.14. The molecule has 1 atom stereocenters. The summed E-state index contributed by atoms with van der Waals surface area (Å²) in [5.74, 6) is -0.293. The number of nitrogens with one attached hydrogen (secondary N) is 1. The molecular weight excluding hydrogens is 349 g/mol. The van der Waals surface area contributed by atoms with Crippen molar-refractivity contribution < 1.29 is 9.18 Å². The molecule has 0 spiro atoms. The van der Waals surface area contributed by atoms with Crippen LogP contribution in [0.5, 0.6) is 0 Å². The topological polar surface area (TPSA) is 78.7 Å². The fourth-order valence-corrected chi connectivity index (χ4v) is 3.22. The number of anilines is 2. The van der Waals surface area contributed by atoms with E-state index in [0.717, 1.165) is 31.5 Å². The smallest absolute Gasteiger partial charge is 0.276 e. The molecule has 8 nitrogen and oxygen atoms in total. The van der Waals surface area contributed by atoms with Crippen LogP contribution in [-0.2, 0) is 0 Å². The van der Waals surface area contributed by atoms with Gasteiger partial charge in [0.2, 0.25) is 0 Å². The summed E-state index contributed by atoms with van der Waals surface area (Å²) in [5.41, 5.74) is 0.864. The van der Waals surface area contributed by atoms with Gasteiger partial charge in [0.1, 0.15) is 5.82 Å². The lowest BCUT2D eigenvalue weighted by molar-refractivity contribution is 0.102. The first-order valence-electron chi connectivity index (χ1n) is 8.70. The van der Waals surface area contributed by atoms with Crippen LogP contribution in [0.3, 0.4) is 0 Å². The van der Waals surface area contributed by atoms with Crippen molar-refractivity contribution in [1.29, 1.82) is 0 Å². The van der Waals surface area contributed by atoms with Crippen LogP contribution < -0.4 is 10.2 Å². The highest BCUT2D eigenvalue weighted by atomic mass is 19.1. The van der Waals surface area contributed by atoms with E-state index < -0.39 is 11.7 Å². The van der Waals surface area contributed by atoms with Crippen LogP contribution in [0, 0.1) is 5.82 Å². The van der Waals surface area contributed by atoms with Gasteiger partial charge in [0, 0.05) is 25.3 Å². The molecule has 1 N–H and O–H groups in total. The molecule has 0 aliphatic carbocycles. The molecular formula is C18H20FN7O. The van der Waals surface area contributed by atoms with Gasteiger partial charge in [0.15, 0.2) is 17.2 Å². The third-order valence-electron chi connectivity index (χ3n) is 4.82. The first kappa shape index (κ1) is 17.3. The lowest BCUT2D eigenvalue weighted by Crippen LogP contribution is -2.32. The largest absolute Gasteiger partial charge is 0.354 e. The van der Waals surface area contributed by atoms with Gasteiger partial charge < -0.3 is 15.1 Å². The number of nitrogens with zero attached hydrogens (tertiary/aromatic N) is 6. The van der Waals surface area contributed by atoms with E-state index in [1.54, 1.807) is 0 Å². The maximum Gasteiger partial charge on any atom is 0.276 e. The van der Waals surface area contributed by atoms with Gasteiger partial charge in [0.05, 0.1) is 18.1 Å². The first-order chi connectivity index (χ1) is 13.0. The predicted octanol–water partition coefficient (Wildman–Crippen LogP) is 1.66. The van der Waals surface area contributed by atoms with Gasteiger partial charge in [0.25, 0.3) is 5.91 Å². The molecule has 1 fully saturated rings. The molecule has 9 heteroatoms. The molecule has 1 aliphatic rings. The zero-order valence-corrected chi connectivity index (χ0v) is 15.1. The number of rotatable bonds is 4. The summed E-state index contributed by atoms with van der Waals surface area (Å²) < 4.78 is 15.2. The van der Waals surface area contributed by atoms with Crippen LogP contribution in [0.15, 0.2) is 36.8 Å². The summed E-state index contributed by atoms with van der Waals surface area (Å²) in [5, 5.41) is 7.13. The minimum atomic E-state index is -0.597. The molecule has 0 bridgehead atoms. The molecule has 0 radical (unpaired) electrons. The van der Waals surface area contributed by atoms with E-state index >= 15 is 0 Å². The molecule has 0 saturated carbocycles. The fraction of sp³-hybridized carbons (Fsp3) is 0.333. The molecule has 0 unspecified atom stereocenters. The lowest BCUT2D eigenvalue weighted by Gasteiger charge is -2.21. The van der Waals surface area contributed by atoms with Crippen molar-refractivity contribution in [3.05, 3.63) is 48.3 Å². The highest BCUT2D eigenvalue weighted by Gasteiger charge is 2.25. The molecule has 1 saturated heterocycles. The Hall–Kier alpha value is -3.07. The highest BCUT2D eigenvalue weighted by Crippen LogP contribution is 2.21. The third-order valence-corrected chi connectivity index (χ3v) is 4.82. The zero-order chi connectivity index (χ0) is 19.0. The van der Waals surface area contributed by atoms with Crippen molar-refractivity contribution in [2.24, 2.45) is 0 Å². The normalized spacial score (nSPS) is 17.0. The Kier molecular flexibility index (Phi) is 4.44. The Bertz CT molecular complexity index is 987. The number of hydrogen-bond acceptors (Lipinski definition) is 6. The molecule has 4 heterocycles. The number of fused-ring (bicyclic) bond motifs is 1. The average Bonchev–Trinajstić information content (AvgIpc) is 3.30. The van der Waals surface area contributed by atoms with Crippen LogP contribution in [-0.4, -0.2) is 63.6 Å². The second-order valence-electron chi connectivity index (χ2n) is 6.77. The fourth-order valence-electron chi connectivity index (χ4n) is 3.22. The quantitative estimate of drug-likeness (QED) is 0.754. The van der Waals surface area contributed by atoms with Gasteiger partial charge >= 0.3 is 0 Å². The number of carbonyl (C=O) groups is 1. The Balaban J connectivity index is 1.61. The van der Waals surface area contributed by atoms with Gasteiger partial charge in [-0.05, 0) is 38.7 Å².